The minimum absolute atomic E-state index is 0.260. The van der Waals surface area contributed by atoms with E-state index in [4.69, 9.17) is 9.47 Å². The maximum absolute atomic E-state index is 5.78. The third-order valence-electron chi connectivity index (χ3n) is 4.23. The molecule has 1 aromatic carbocycles. The van der Waals surface area contributed by atoms with Crippen LogP contribution in [0.4, 0.5) is 0 Å². The summed E-state index contributed by atoms with van der Waals surface area (Å²) < 4.78 is 13.0. The van der Waals surface area contributed by atoms with Gasteiger partial charge in [0.25, 0.3) is 0 Å². The lowest BCUT2D eigenvalue weighted by molar-refractivity contribution is 0.0420. The van der Waals surface area contributed by atoms with E-state index in [0.717, 1.165) is 63.2 Å². The molecule has 2 aromatic rings. The van der Waals surface area contributed by atoms with Crippen molar-refractivity contribution in [1.29, 1.82) is 0 Å². The fourth-order valence-corrected chi connectivity index (χ4v) is 2.84. The number of hydrogen-bond acceptors (Lipinski definition) is 5. The molecule has 0 radical (unpaired) electrons. The van der Waals surface area contributed by atoms with Gasteiger partial charge in [-0.2, -0.15) is 0 Å². The second-order valence-electron chi connectivity index (χ2n) is 6.28. The fourth-order valence-electron chi connectivity index (χ4n) is 2.84. The van der Waals surface area contributed by atoms with Crippen LogP contribution in [0.25, 0.3) is 5.69 Å². The zero-order chi connectivity index (χ0) is 18.7. The first-order valence-electron chi connectivity index (χ1n) is 9.52. The first-order chi connectivity index (χ1) is 13.4. The first-order valence-corrected chi connectivity index (χ1v) is 9.52. The molecule has 1 unspecified atom stereocenters. The maximum Gasteiger partial charge on any atom is 0.191 e. The van der Waals surface area contributed by atoms with Crippen LogP contribution in [-0.2, 0) is 16.0 Å². The summed E-state index contributed by atoms with van der Waals surface area (Å²) in [6, 6.07) is 10.0. The number of aromatic nitrogens is 3. The van der Waals surface area contributed by atoms with Gasteiger partial charge < -0.3 is 20.1 Å². The van der Waals surface area contributed by atoms with E-state index in [1.807, 2.05) is 41.8 Å². The predicted molar refractivity (Wildman–Crippen MR) is 104 cm³/mol. The van der Waals surface area contributed by atoms with Crippen molar-refractivity contribution in [1.82, 2.24) is 25.4 Å². The highest BCUT2D eigenvalue weighted by atomic mass is 16.5. The molecule has 1 saturated heterocycles. The molecule has 8 heteroatoms. The van der Waals surface area contributed by atoms with Crippen molar-refractivity contribution >= 4 is 5.96 Å². The van der Waals surface area contributed by atoms with Crippen molar-refractivity contribution in [2.75, 3.05) is 32.9 Å². The Morgan fingerprint density at radius 3 is 3.00 bits per heavy atom. The first kappa shape index (κ1) is 19.3. The minimum Gasteiger partial charge on any atom is -0.379 e. The lowest BCUT2D eigenvalue weighted by atomic mass is 10.3. The van der Waals surface area contributed by atoms with Gasteiger partial charge in [-0.05, 0) is 31.9 Å². The molecule has 0 spiro atoms. The van der Waals surface area contributed by atoms with Crippen LogP contribution < -0.4 is 10.6 Å². The van der Waals surface area contributed by atoms with Crippen molar-refractivity contribution in [2.24, 2.45) is 4.99 Å². The number of hydrogen-bond donors (Lipinski definition) is 2. The summed E-state index contributed by atoms with van der Waals surface area (Å²) in [7, 11) is 0. The fraction of sp³-hybridized carbons (Fsp3) is 0.526. The third kappa shape index (κ3) is 6.04. The average molecular weight is 372 g/mol. The topological polar surface area (TPSA) is 85.6 Å². The van der Waals surface area contributed by atoms with E-state index < -0.39 is 0 Å². The second kappa shape index (κ2) is 10.6. The zero-order valence-corrected chi connectivity index (χ0v) is 15.8. The van der Waals surface area contributed by atoms with Crippen LogP contribution in [-0.4, -0.2) is 59.7 Å². The molecule has 1 aromatic heterocycles. The van der Waals surface area contributed by atoms with Crippen LogP contribution in [0.1, 0.15) is 25.6 Å². The Kier molecular flexibility index (Phi) is 7.61. The molecule has 1 aliphatic heterocycles. The molecule has 0 amide bonds. The van der Waals surface area contributed by atoms with Crippen LogP contribution in [0.15, 0.2) is 41.7 Å². The summed E-state index contributed by atoms with van der Waals surface area (Å²) in [5.41, 5.74) is 1.03. The van der Waals surface area contributed by atoms with E-state index in [1.54, 1.807) is 6.33 Å². The van der Waals surface area contributed by atoms with Gasteiger partial charge in [-0.1, -0.05) is 18.2 Å². The predicted octanol–water partition coefficient (Wildman–Crippen LogP) is 1.52. The van der Waals surface area contributed by atoms with E-state index >= 15 is 0 Å². The molecule has 0 aliphatic carbocycles. The normalized spacial score (nSPS) is 17.2. The van der Waals surface area contributed by atoms with E-state index in [0.29, 0.717) is 6.54 Å². The van der Waals surface area contributed by atoms with Crippen LogP contribution in [0.3, 0.4) is 0 Å². The Morgan fingerprint density at radius 1 is 1.33 bits per heavy atom. The van der Waals surface area contributed by atoms with Gasteiger partial charge in [0, 0.05) is 32.0 Å². The summed E-state index contributed by atoms with van der Waals surface area (Å²) in [6.07, 6.45) is 3.89. The number of guanidine groups is 1. The van der Waals surface area contributed by atoms with Gasteiger partial charge in [-0.3, -0.25) is 4.57 Å². The van der Waals surface area contributed by atoms with E-state index in [2.05, 4.69) is 25.8 Å². The minimum atomic E-state index is 0.260. The number of aliphatic imine (C=N–C) groups is 1. The summed E-state index contributed by atoms with van der Waals surface area (Å²) >= 11 is 0. The Morgan fingerprint density at radius 2 is 2.22 bits per heavy atom. The molecule has 27 heavy (non-hydrogen) atoms. The summed E-state index contributed by atoms with van der Waals surface area (Å²) in [5, 5.41) is 14.8. The van der Waals surface area contributed by atoms with Crippen molar-refractivity contribution in [2.45, 2.75) is 32.4 Å². The van der Waals surface area contributed by atoms with Crippen LogP contribution in [0.2, 0.25) is 0 Å². The van der Waals surface area contributed by atoms with Crippen LogP contribution >= 0.6 is 0 Å². The highest BCUT2D eigenvalue weighted by Crippen LogP contribution is 2.10. The highest BCUT2D eigenvalue weighted by Gasteiger charge is 2.15. The molecule has 1 fully saturated rings. The Hall–Kier alpha value is -2.45. The van der Waals surface area contributed by atoms with E-state index in [9.17, 15) is 0 Å². The summed E-state index contributed by atoms with van der Waals surface area (Å²) in [6.45, 7) is 6.35. The van der Waals surface area contributed by atoms with Crippen LogP contribution in [0.5, 0.6) is 0 Å². The standard InChI is InChI=1S/C19H28N6O2/c1-2-20-19(21-10-6-11-27-17-9-12-26-14-17)22-13-18-24-23-15-25(18)16-7-4-3-5-8-16/h3-5,7-8,15,17H,2,6,9-14H2,1H3,(H2,20,21,22). The summed E-state index contributed by atoms with van der Waals surface area (Å²) in [4.78, 5) is 4.63. The number of nitrogens with zero attached hydrogens (tertiary/aromatic N) is 4. The zero-order valence-electron chi connectivity index (χ0n) is 15.8. The van der Waals surface area contributed by atoms with Gasteiger partial charge in [-0.25, -0.2) is 4.99 Å². The lowest BCUT2D eigenvalue weighted by Crippen LogP contribution is -2.38. The largest absolute Gasteiger partial charge is 0.379 e. The summed E-state index contributed by atoms with van der Waals surface area (Å²) in [5.74, 6) is 1.56. The molecular formula is C19H28N6O2. The van der Waals surface area contributed by atoms with Crippen molar-refractivity contribution in [3.8, 4) is 5.69 Å². The van der Waals surface area contributed by atoms with Gasteiger partial charge in [0.05, 0.1) is 12.7 Å². The SMILES string of the molecule is CCNC(=NCc1nncn1-c1ccccc1)NCCCOC1CCOC1. The number of nitrogens with one attached hydrogen (secondary N) is 2. The molecule has 2 N–H and O–H groups in total. The quantitative estimate of drug-likeness (QED) is 0.394. The van der Waals surface area contributed by atoms with Gasteiger partial charge in [0.1, 0.15) is 12.9 Å². The maximum atomic E-state index is 5.78. The number of ether oxygens (including phenoxy) is 2. The molecule has 8 nitrogen and oxygen atoms in total. The molecule has 1 atom stereocenters. The number of para-hydroxylation sites is 1. The van der Waals surface area contributed by atoms with Crippen molar-refractivity contribution < 1.29 is 9.47 Å². The third-order valence-corrected chi connectivity index (χ3v) is 4.23. The van der Waals surface area contributed by atoms with Crippen molar-refractivity contribution in [3.63, 3.8) is 0 Å². The second-order valence-corrected chi connectivity index (χ2v) is 6.28. The van der Waals surface area contributed by atoms with Gasteiger partial charge in [0.15, 0.2) is 11.8 Å². The van der Waals surface area contributed by atoms with E-state index in [-0.39, 0.29) is 6.10 Å². The van der Waals surface area contributed by atoms with Gasteiger partial charge in [0.2, 0.25) is 0 Å². The lowest BCUT2D eigenvalue weighted by Gasteiger charge is -2.13. The average Bonchev–Trinajstić information content (AvgIpc) is 3.38. The monoisotopic (exact) mass is 372 g/mol. The Balaban J connectivity index is 1.48. The van der Waals surface area contributed by atoms with Crippen LogP contribution in [0, 0.1) is 0 Å². The number of benzene rings is 1. The van der Waals surface area contributed by atoms with Crippen molar-refractivity contribution in [3.05, 3.63) is 42.5 Å². The molecule has 3 rings (SSSR count). The smallest absolute Gasteiger partial charge is 0.191 e. The Labute approximate surface area is 160 Å². The van der Waals surface area contributed by atoms with Gasteiger partial charge >= 0.3 is 0 Å². The van der Waals surface area contributed by atoms with Gasteiger partial charge in [-0.15, -0.1) is 10.2 Å². The van der Waals surface area contributed by atoms with E-state index in [1.165, 1.54) is 0 Å². The molecule has 0 bridgehead atoms. The molecular weight excluding hydrogens is 344 g/mol. The molecule has 0 saturated carbocycles. The highest BCUT2D eigenvalue weighted by molar-refractivity contribution is 5.79. The molecule has 1 aliphatic rings. The molecule has 2 heterocycles. The molecule has 146 valence electrons. The number of rotatable bonds is 9. The Bertz CT molecular complexity index is 697.